The molecule has 0 radical (unpaired) electrons. The van der Waals surface area contributed by atoms with Gasteiger partial charge in [0, 0.05) is 12.1 Å². The minimum atomic E-state index is -0.158. The molecule has 2 amide bonds. The number of amides is 2. The van der Waals surface area contributed by atoms with Crippen LogP contribution in [0, 0.1) is 0 Å². The number of carbonyl (C=O) groups is 1. The van der Waals surface area contributed by atoms with Crippen molar-refractivity contribution in [3.63, 3.8) is 0 Å². The molecule has 2 aromatic carbocycles. The molecule has 0 aliphatic heterocycles. The Balaban J connectivity index is 1.81. The second-order valence-corrected chi connectivity index (χ2v) is 6.34. The average Bonchev–Trinajstić information content (AvgIpc) is 2.62. The van der Waals surface area contributed by atoms with E-state index in [-0.39, 0.29) is 12.1 Å². The van der Waals surface area contributed by atoms with Crippen LogP contribution in [0.4, 0.5) is 4.79 Å². The Labute approximate surface area is 159 Å². The number of ether oxygens (including phenoxy) is 2. The van der Waals surface area contributed by atoms with Gasteiger partial charge in [-0.05, 0) is 49.7 Å². The summed E-state index contributed by atoms with van der Waals surface area (Å²) >= 11 is 5.92. The third kappa shape index (κ3) is 6.15. The van der Waals surface area contributed by atoms with Gasteiger partial charge >= 0.3 is 6.03 Å². The quantitative estimate of drug-likeness (QED) is 0.736. The maximum absolute atomic E-state index is 12.3. The Kier molecular flexibility index (Phi) is 7.60. The van der Waals surface area contributed by atoms with Gasteiger partial charge in [0.05, 0.1) is 19.2 Å². The Hall–Kier alpha value is -2.40. The summed E-state index contributed by atoms with van der Waals surface area (Å²) in [5.74, 6) is 1.49. The van der Waals surface area contributed by atoms with Crippen molar-refractivity contribution in [1.82, 2.24) is 10.2 Å². The molecule has 0 bridgehead atoms. The lowest BCUT2D eigenvalue weighted by Gasteiger charge is -2.22. The molecule has 1 N–H and O–H groups in total. The third-order valence-corrected chi connectivity index (χ3v) is 4.08. The van der Waals surface area contributed by atoms with Gasteiger partial charge in [-0.1, -0.05) is 29.8 Å². The van der Waals surface area contributed by atoms with E-state index in [0.717, 1.165) is 11.3 Å². The third-order valence-electron chi connectivity index (χ3n) is 3.85. The van der Waals surface area contributed by atoms with Crippen molar-refractivity contribution in [3.8, 4) is 11.5 Å². The lowest BCUT2D eigenvalue weighted by atomic mass is 10.1. The minimum absolute atomic E-state index is 0.126. The number of rotatable bonds is 8. The molecule has 0 heterocycles. The van der Waals surface area contributed by atoms with Crippen LogP contribution in [-0.4, -0.2) is 37.7 Å². The van der Waals surface area contributed by atoms with Crippen molar-refractivity contribution in [2.75, 3.05) is 26.8 Å². The van der Waals surface area contributed by atoms with Gasteiger partial charge in [0.2, 0.25) is 0 Å². The summed E-state index contributed by atoms with van der Waals surface area (Å²) < 4.78 is 11.1. The second kappa shape index (κ2) is 9.92. The van der Waals surface area contributed by atoms with Gasteiger partial charge in [-0.3, -0.25) is 0 Å². The lowest BCUT2D eigenvalue weighted by molar-refractivity contribution is 0.192. The highest BCUT2D eigenvalue weighted by Gasteiger charge is 2.14. The number of hydrogen-bond donors (Lipinski definition) is 1. The molecule has 0 saturated carbocycles. The van der Waals surface area contributed by atoms with Gasteiger partial charge in [-0.2, -0.15) is 0 Å². The van der Waals surface area contributed by atoms with Gasteiger partial charge < -0.3 is 19.7 Å². The molecule has 1 atom stereocenters. The van der Waals surface area contributed by atoms with Gasteiger partial charge in [0.15, 0.2) is 0 Å². The Morgan fingerprint density at radius 3 is 2.54 bits per heavy atom. The van der Waals surface area contributed by atoms with Crippen LogP contribution >= 0.6 is 11.6 Å². The molecule has 0 spiro atoms. The first-order valence-electron chi connectivity index (χ1n) is 8.62. The number of halogens is 1. The first-order chi connectivity index (χ1) is 12.5. The van der Waals surface area contributed by atoms with E-state index < -0.39 is 0 Å². The molecule has 1 unspecified atom stereocenters. The first kappa shape index (κ1) is 19.9. The normalized spacial score (nSPS) is 11.5. The molecule has 26 heavy (non-hydrogen) atoms. The van der Waals surface area contributed by atoms with Crippen LogP contribution in [0.2, 0.25) is 5.02 Å². The highest BCUT2D eigenvalue weighted by Crippen LogP contribution is 2.19. The van der Waals surface area contributed by atoms with E-state index in [1.54, 1.807) is 24.1 Å². The van der Waals surface area contributed by atoms with E-state index in [2.05, 4.69) is 5.32 Å². The molecule has 5 nitrogen and oxygen atoms in total. The predicted molar refractivity (Wildman–Crippen MR) is 104 cm³/mol. The molecule has 6 heteroatoms. The minimum Gasteiger partial charge on any atom is -0.494 e. The molecular weight excluding hydrogens is 352 g/mol. The van der Waals surface area contributed by atoms with Crippen LogP contribution in [0.1, 0.15) is 25.5 Å². The summed E-state index contributed by atoms with van der Waals surface area (Å²) in [6.45, 7) is 5.35. The topological polar surface area (TPSA) is 50.8 Å². The fraction of sp³-hybridized carbons (Fsp3) is 0.350. The summed E-state index contributed by atoms with van der Waals surface area (Å²) in [7, 11) is 1.74. The highest BCUT2D eigenvalue weighted by molar-refractivity contribution is 6.30. The van der Waals surface area contributed by atoms with Gasteiger partial charge in [0.1, 0.15) is 18.1 Å². The summed E-state index contributed by atoms with van der Waals surface area (Å²) in [6, 6.07) is 14.6. The van der Waals surface area contributed by atoms with E-state index in [4.69, 9.17) is 21.1 Å². The monoisotopic (exact) mass is 376 g/mol. The van der Waals surface area contributed by atoms with Crippen LogP contribution in [0.3, 0.4) is 0 Å². The second-order valence-electron chi connectivity index (χ2n) is 5.90. The zero-order chi connectivity index (χ0) is 18.9. The maximum Gasteiger partial charge on any atom is 0.317 e. The average molecular weight is 377 g/mol. The zero-order valence-corrected chi connectivity index (χ0v) is 16.1. The first-order valence-corrected chi connectivity index (χ1v) is 9.00. The fourth-order valence-corrected chi connectivity index (χ4v) is 2.56. The Morgan fingerprint density at radius 1 is 1.15 bits per heavy atom. The van der Waals surface area contributed by atoms with E-state index in [9.17, 15) is 4.79 Å². The van der Waals surface area contributed by atoms with Gasteiger partial charge in [-0.15, -0.1) is 0 Å². The van der Waals surface area contributed by atoms with Gasteiger partial charge in [0.25, 0.3) is 0 Å². The zero-order valence-electron chi connectivity index (χ0n) is 15.4. The van der Waals surface area contributed by atoms with Crippen LogP contribution < -0.4 is 14.8 Å². The number of urea groups is 1. The van der Waals surface area contributed by atoms with Crippen molar-refractivity contribution in [1.29, 1.82) is 0 Å². The molecular formula is C20H25ClN2O3. The number of likely N-dealkylation sites (N-methyl/N-ethyl adjacent to an activating group) is 1. The number of benzene rings is 2. The molecule has 140 valence electrons. The summed E-state index contributed by atoms with van der Waals surface area (Å²) in [5, 5.41) is 3.60. The largest absolute Gasteiger partial charge is 0.494 e. The van der Waals surface area contributed by atoms with Crippen molar-refractivity contribution in [2.24, 2.45) is 0 Å². The van der Waals surface area contributed by atoms with Crippen molar-refractivity contribution in [2.45, 2.75) is 19.9 Å². The Morgan fingerprint density at radius 2 is 1.85 bits per heavy atom. The fourth-order valence-electron chi connectivity index (χ4n) is 2.38. The lowest BCUT2D eigenvalue weighted by Crippen LogP contribution is -2.40. The number of carbonyl (C=O) groups excluding carboxylic acids is 1. The molecule has 0 aromatic heterocycles. The van der Waals surface area contributed by atoms with Gasteiger partial charge in [-0.25, -0.2) is 4.79 Å². The van der Waals surface area contributed by atoms with Crippen LogP contribution in [0.15, 0.2) is 48.5 Å². The summed E-state index contributed by atoms with van der Waals surface area (Å²) in [6.07, 6.45) is 0. The van der Waals surface area contributed by atoms with Crippen LogP contribution in [-0.2, 0) is 0 Å². The molecule has 0 saturated heterocycles. The smallest absolute Gasteiger partial charge is 0.317 e. The summed E-state index contributed by atoms with van der Waals surface area (Å²) in [5.41, 5.74) is 0.993. The van der Waals surface area contributed by atoms with E-state index in [0.29, 0.717) is 30.5 Å². The standard InChI is InChI=1S/C20H25ClN2O3/c1-4-25-18-9-5-7-16(13-18)15(2)22-20(24)23(3)11-12-26-19-10-6-8-17(21)14-19/h5-10,13-15H,4,11-12H2,1-3H3,(H,22,24). The summed E-state index contributed by atoms with van der Waals surface area (Å²) in [4.78, 5) is 13.9. The number of nitrogens with zero attached hydrogens (tertiary/aromatic N) is 1. The molecule has 2 rings (SSSR count). The Bertz CT molecular complexity index is 724. The van der Waals surface area contributed by atoms with Crippen molar-refractivity contribution >= 4 is 17.6 Å². The molecule has 0 fully saturated rings. The SMILES string of the molecule is CCOc1cccc(C(C)NC(=O)N(C)CCOc2cccc(Cl)c2)c1. The van der Waals surface area contributed by atoms with E-state index in [1.807, 2.05) is 50.2 Å². The maximum atomic E-state index is 12.3. The molecule has 0 aliphatic rings. The molecule has 2 aromatic rings. The predicted octanol–water partition coefficient (Wildman–Crippen LogP) is 4.52. The van der Waals surface area contributed by atoms with Crippen LogP contribution in [0.25, 0.3) is 0 Å². The van der Waals surface area contributed by atoms with Crippen LogP contribution in [0.5, 0.6) is 11.5 Å². The molecule has 0 aliphatic carbocycles. The van der Waals surface area contributed by atoms with E-state index >= 15 is 0 Å². The van der Waals surface area contributed by atoms with E-state index in [1.165, 1.54) is 0 Å². The highest BCUT2D eigenvalue weighted by atomic mass is 35.5. The number of nitrogens with one attached hydrogen (secondary N) is 1. The van der Waals surface area contributed by atoms with Crippen molar-refractivity contribution in [3.05, 3.63) is 59.1 Å². The number of hydrogen-bond acceptors (Lipinski definition) is 3. The van der Waals surface area contributed by atoms with Crippen molar-refractivity contribution < 1.29 is 14.3 Å².